The van der Waals surface area contributed by atoms with Gasteiger partial charge in [0.25, 0.3) is 0 Å². The molecule has 9 heteroatoms. The van der Waals surface area contributed by atoms with E-state index in [-0.39, 0.29) is 13.2 Å². The number of aromatic nitrogens is 2. The standard InChI is InChI=1S/C12H19N7O2/c1-18-11(13-3-5-20)9(7-15-18)17-10-8-16-19(2)12(10)14-4-6-21/h7-8,13,20-21H,3-6H2,1-2H3/b14-12+,17-10-. The highest BCUT2D eigenvalue weighted by Crippen LogP contribution is 2.24. The summed E-state index contributed by atoms with van der Waals surface area (Å²) in [6.45, 7) is 0.705. The summed E-state index contributed by atoms with van der Waals surface area (Å²) in [4.78, 5) is 8.75. The van der Waals surface area contributed by atoms with Crippen molar-refractivity contribution in [2.45, 2.75) is 0 Å². The number of anilines is 1. The number of hydrogen-bond acceptors (Lipinski definition) is 7. The van der Waals surface area contributed by atoms with Crippen molar-refractivity contribution in [3.63, 3.8) is 0 Å². The Balaban J connectivity index is 2.28. The van der Waals surface area contributed by atoms with Crippen LogP contribution in [0.5, 0.6) is 0 Å². The third kappa shape index (κ3) is 3.44. The number of nitrogens with zero attached hydrogens (tertiary/aromatic N) is 6. The number of amidine groups is 1. The van der Waals surface area contributed by atoms with Crippen LogP contribution < -0.4 is 5.32 Å². The molecule has 0 fully saturated rings. The number of nitrogens with one attached hydrogen (secondary N) is 1. The molecule has 1 aromatic rings. The van der Waals surface area contributed by atoms with Crippen LogP contribution in [0.4, 0.5) is 11.5 Å². The maximum atomic E-state index is 8.91. The Labute approximate surface area is 122 Å². The predicted octanol–water partition coefficient (Wildman–Crippen LogP) is -0.781. The highest BCUT2D eigenvalue weighted by atomic mass is 16.3. The lowest BCUT2D eigenvalue weighted by molar-refractivity contribution is 0.306. The van der Waals surface area contributed by atoms with E-state index in [1.54, 1.807) is 36.2 Å². The lowest BCUT2D eigenvalue weighted by atomic mass is 10.3. The molecule has 0 unspecified atom stereocenters. The van der Waals surface area contributed by atoms with Crippen molar-refractivity contribution in [2.24, 2.45) is 22.1 Å². The molecule has 9 nitrogen and oxygen atoms in total. The van der Waals surface area contributed by atoms with Crippen LogP contribution in [0, 0.1) is 0 Å². The first kappa shape index (κ1) is 15.1. The van der Waals surface area contributed by atoms with Crippen LogP contribution in [0.1, 0.15) is 0 Å². The third-order valence-electron chi connectivity index (χ3n) is 2.82. The van der Waals surface area contributed by atoms with Crippen molar-refractivity contribution in [3.05, 3.63) is 6.20 Å². The highest BCUT2D eigenvalue weighted by molar-refractivity contribution is 6.64. The summed E-state index contributed by atoms with van der Waals surface area (Å²) in [5, 5.41) is 30.7. The van der Waals surface area contributed by atoms with E-state index in [1.165, 1.54) is 0 Å². The van der Waals surface area contributed by atoms with Gasteiger partial charge in [0, 0.05) is 20.6 Å². The quantitative estimate of drug-likeness (QED) is 0.637. The Morgan fingerprint density at radius 1 is 1.29 bits per heavy atom. The van der Waals surface area contributed by atoms with Crippen LogP contribution in [0.15, 0.2) is 21.3 Å². The van der Waals surface area contributed by atoms with Gasteiger partial charge in [-0.25, -0.2) is 10.0 Å². The second-order valence-electron chi connectivity index (χ2n) is 4.35. The smallest absolute Gasteiger partial charge is 0.171 e. The molecule has 3 N–H and O–H groups in total. The van der Waals surface area contributed by atoms with Gasteiger partial charge in [0.05, 0.1) is 32.2 Å². The van der Waals surface area contributed by atoms with Crippen LogP contribution in [-0.4, -0.2) is 76.1 Å². The molecular weight excluding hydrogens is 274 g/mol. The molecule has 1 aliphatic rings. The molecule has 1 aliphatic heterocycles. The summed E-state index contributed by atoms with van der Waals surface area (Å²) in [6, 6.07) is 0. The highest BCUT2D eigenvalue weighted by Gasteiger charge is 2.19. The Morgan fingerprint density at radius 2 is 2.10 bits per heavy atom. The molecule has 1 aromatic heterocycles. The summed E-state index contributed by atoms with van der Waals surface area (Å²) in [7, 11) is 3.56. The van der Waals surface area contributed by atoms with E-state index in [0.29, 0.717) is 36.1 Å². The molecule has 0 radical (unpaired) electrons. The van der Waals surface area contributed by atoms with Gasteiger partial charge in [0.1, 0.15) is 17.2 Å². The largest absolute Gasteiger partial charge is 0.395 e. The molecule has 2 heterocycles. The minimum Gasteiger partial charge on any atom is -0.395 e. The van der Waals surface area contributed by atoms with Gasteiger partial charge in [0.15, 0.2) is 5.84 Å². The Hall–Kier alpha value is -2.26. The van der Waals surface area contributed by atoms with Gasteiger partial charge in [-0.3, -0.25) is 9.67 Å². The van der Waals surface area contributed by atoms with Crippen molar-refractivity contribution in [2.75, 3.05) is 38.7 Å². The lowest BCUT2D eigenvalue weighted by Gasteiger charge is -2.09. The van der Waals surface area contributed by atoms with E-state index in [1.807, 2.05) is 0 Å². The normalized spacial score (nSPS) is 18.2. The maximum Gasteiger partial charge on any atom is 0.171 e. The first-order valence-corrected chi connectivity index (χ1v) is 6.56. The van der Waals surface area contributed by atoms with Gasteiger partial charge < -0.3 is 15.5 Å². The van der Waals surface area contributed by atoms with Crippen LogP contribution >= 0.6 is 0 Å². The molecule has 21 heavy (non-hydrogen) atoms. The molecular formula is C12H19N7O2. The molecule has 0 saturated carbocycles. The Morgan fingerprint density at radius 3 is 2.81 bits per heavy atom. The van der Waals surface area contributed by atoms with Gasteiger partial charge in [-0.15, -0.1) is 0 Å². The number of rotatable bonds is 6. The monoisotopic (exact) mass is 293 g/mol. The van der Waals surface area contributed by atoms with E-state index in [0.717, 1.165) is 0 Å². The second-order valence-corrected chi connectivity index (χ2v) is 4.35. The molecule has 0 spiro atoms. The van der Waals surface area contributed by atoms with Crippen molar-refractivity contribution in [1.29, 1.82) is 0 Å². The summed E-state index contributed by atoms with van der Waals surface area (Å²) >= 11 is 0. The minimum absolute atomic E-state index is 0.0224. The predicted molar refractivity (Wildman–Crippen MR) is 81.5 cm³/mol. The van der Waals surface area contributed by atoms with Gasteiger partial charge in [0.2, 0.25) is 0 Å². The van der Waals surface area contributed by atoms with Crippen molar-refractivity contribution >= 4 is 29.3 Å². The summed E-state index contributed by atoms with van der Waals surface area (Å²) in [6.07, 6.45) is 3.24. The first-order valence-electron chi connectivity index (χ1n) is 6.56. The molecule has 0 amide bonds. The number of hydrazone groups is 1. The van der Waals surface area contributed by atoms with Gasteiger partial charge in [-0.1, -0.05) is 0 Å². The lowest BCUT2D eigenvalue weighted by Crippen LogP contribution is -2.24. The van der Waals surface area contributed by atoms with Gasteiger partial charge in [-0.2, -0.15) is 10.2 Å². The van der Waals surface area contributed by atoms with E-state index >= 15 is 0 Å². The fourth-order valence-corrected chi connectivity index (χ4v) is 1.85. The summed E-state index contributed by atoms with van der Waals surface area (Å²) < 4.78 is 1.65. The number of hydrogen-bond donors (Lipinski definition) is 3. The fraction of sp³-hybridized carbons (Fsp3) is 0.500. The zero-order chi connectivity index (χ0) is 15.2. The van der Waals surface area contributed by atoms with Gasteiger partial charge >= 0.3 is 0 Å². The van der Waals surface area contributed by atoms with Gasteiger partial charge in [-0.05, 0) is 0 Å². The molecule has 2 rings (SSSR count). The van der Waals surface area contributed by atoms with Crippen LogP contribution in [0.25, 0.3) is 0 Å². The molecule has 0 aliphatic carbocycles. The van der Waals surface area contributed by atoms with E-state index in [2.05, 4.69) is 25.5 Å². The average molecular weight is 293 g/mol. The molecule has 114 valence electrons. The number of aliphatic hydroxyl groups is 2. The van der Waals surface area contributed by atoms with E-state index in [4.69, 9.17) is 10.2 Å². The summed E-state index contributed by atoms with van der Waals surface area (Å²) in [5.74, 6) is 1.31. The molecule has 0 saturated heterocycles. The Kier molecular flexibility index (Phi) is 5.01. The molecule has 0 aromatic carbocycles. The summed E-state index contributed by atoms with van der Waals surface area (Å²) in [5.41, 5.74) is 1.24. The van der Waals surface area contributed by atoms with Crippen molar-refractivity contribution < 1.29 is 10.2 Å². The van der Waals surface area contributed by atoms with Crippen LogP contribution in [0.3, 0.4) is 0 Å². The Bertz CT molecular complexity index is 576. The minimum atomic E-state index is -0.0270. The number of aryl methyl sites for hydroxylation is 1. The number of aliphatic hydroxyl groups excluding tert-OH is 2. The molecule has 0 atom stereocenters. The van der Waals surface area contributed by atoms with E-state index in [9.17, 15) is 0 Å². The second kappa shape index (κ2) is 6.95. The van der Waals surface area contributed by atoms with Crippen molar-refractivity contribution in [1.82, 2.24) is 14.8 Å². The maximum absolute atomic E-state index is 8.91. The van der Waals surface area contributed by atoms with Crippen LogP contribution in [-0.2, 0) is 7.05 Å². The number of aliphatic imine (C=N–C) groups is 2. The topological polar surface area (TPSA) is 111 Å². The van der Waals surface area contributed by atoms with E-state index < -0.39 is 0 Å². The SMILES string of the molecule is CN1N=CC(=N/c2cnn(C)c2NCCO)/C1=N\CCO. The third-order valence-corrected chi connectivity index (χ3v) is 2.82. The zero-order valence-corrected chi connectivity index (χ0v) is 12.1. The molecule has 0 bridgehead atoms. The zero-order valence-electron chi connectivity index (χ0n) is 12.1. The first-order chi connectivity index (χ1) is 10.2. The van der Waals surface area contributed by atoms with Crippen molar-refractivity contribution in [3.8, 4) is 0 Å². The fourth-order valence-electron chi connectivity index (χ4n) is 1.85. The average Bonchev–Trinajstić information content (AvgIpc) is 2.99. The van der Waals surface area contributed by atoms with Crippen LogP contribution in [0.2, 0.25) is 0 Å².